The van der Waals surface area contributed by atoms with Crippen LogP contribution in [0.25, 0.3) is 10.0 Å². The molecule has 2 aromatic rings. The van der Waals surface area contributed by atoms with Crippen LogP contribution >= 0.6 is 22.7 Å². The van der Waals surface area contributed by atoms with Gasteiger partial charge in [0.1, 0.15) is 11.5 Å². The summed E-state index contributed by atoms with van der Waals surface area (Å²) in [6.45, 7) is 6.27. The Balaban J connectivity index is 2.02. The molecule has 7 heteroatoms. The Morgan fingerprint density at radius 1 is 1.26 bits per heavy atom. The molecule has 1 N–H and O–H groups in total. The number of Topliss-reactive ketones (excluding diaryl/α,β-unsaturated/α-hetero) is 1. The van der Waals surface area contributed by atoms with Crippen molar-refractivity contribution in [1.29, 1.82) is 0 Å². The highest BCUT2D eigenvalue weighted by atomic mass is 32.1. The van der Waals surface area contributed by atoms with Crippen molar-refractivity contribution in [1.82, 2.24) is 15.3 Å². The maximum Gasteiger partial charge on any atom is 0.271 e. The molecule has 0 saturated heterocycles. The van der Waals surface area contributed by atoms with Gasteiger partial charge in [0.15, 0.2) is 10.0 Å². The van der Waals surface area contributed by atoms with Crippen LogP contribution in [0.5, 0.6) is 0 Å². The van der Waals surface area contributed by atoms with E-state index in [-0.39, 0.29) is 17.6 Å². The van der Waals surface area contributed by atoms with Crippen LogP contribution in [0.3, 0.4) is 0 Å². The van der Waals surface area contributed by atoms with Crippen molar-refractivity contribution >= 4 is 34.4 Å². The van der Waals surface area contributed by atoms with E-state index in [4.69, 9.17) is 0 Å². The smallest absolute Gasteiger partial charge is 0.271 e. The van der Waals surface area contributed by atoms with E-state index in [0.717, 1.165) is 27.7 Å². The van der Waals surface area contributed by atoms with E-state index in [2.05, 4.69) is 29.1 Å². The molecule has 0 fully saturated rings. The predicted molar refractivity (Wildman–Crippen MR) is 94.2 cm³/mol. The number of nitrogens with zero attached hydrogens (tertiary/aromatic N) is 2. The zero-order valence-electron chi connectivity index (χ0n) is 13.6. The molecule has 0 bridgehead atoms. The maximum absolute atomic E-state index is 12.4. The van der Waals surface area contributed by atoms with Gasteiger partial charge in [-0.15, -0.1) is 22.7 Å². The van der Waals surface area contributed by atoms with Crippen LogP contribution in [-0.4, -0.2) is 28.2 Å². The van der Waals surface area contributed by atoms with Crippen molar-refractivity contribution in [3.63, 3.8) is 0 Å². The van der Waals surface area contributed by atoms with Gasteiger partial charge in [-0.2, -0.15) is 0 Å². The fourth-order valence-corrected chi connectivity index (χ4v) is 3.84. The summed E-state index contributed by atoms with van der Waals surface area (Å²) < 4.78 is 0. The summed E-state index contributed by atoms with van der Waals surface area (Å²) in [7, 11) is 0. The Morgan fingerprint density at radius 2 is 2.04 bits per heavy atom. The number of rotatable bonds is 8. The van der Waals surface area contributed by atoms with Crippen LogP contribution in [0.15, 0.2) is 11.6 Å². The first kappa shape index (κ1) is 17.7. The molecule has 0 atom stereocenters. The van der Waals surface area contributed by atoms with E-state index in [9.17, 15) is 9.59 Å². The average Bonchev–Trinajstić information content (AvgIpc) is 3.15. The Morgan fingerprint density at radius 3 is 2.65 bits per heavy atom. The normalized spacial score (nSPS) is 11.0. The minimum Gasteiger partial charge on any atom is -0.351 e. The van der Waals surface area contributed by atoms with Gasteiger partial charge in [-0.1, -0.05) is 13.8 Å². The molecule has 5 nitrogen and oxygen atoms in total. The highest BCUT2D eigenvalue weighted by Gasteiger charge is 2.21. The SMILES string of the molecule is CC(=O)CCCCNC(=O)c1nc(-c2nccs2)sc1C(C)C. The first-order chi connectivity index (χ1) is 11.0. The third-order valence-electron chi connectivity index (χ3n) is 3.25. The van der Waals surface area contributed by atoms with Crippen LogP contribution in [-0.2, 0) is 4.79 Å². The van der Waals surface area contributed by atoms with E-state index < -0.39 is 0 Å². The lowest BCUT2D eigenvalue weighted by Gasteiger charge is -2.06. The topological polar surface area (TPSA) is 72.0 Å². The monoisotopic (exact) mass is 351 g/mol. The van der Waals surface area contributed by atoms with Gasteiger partial charge in [0.05, 0.1) is 0 Å². The number of ketones is 1. The van der Waals surface area contributed by atoms with E-state index >= 15 is 0 Å². The van der Waals surface area contributed by atoms with Crippen LogP contribution in [0.1, 0.15) is 61.3 Å². The fraction of sp³-hybridized carbons (Fsp3) is 0.500. The molecule has 124 valence electrons. The van der Waals surface area contributed by atoms with Gasteiger partial charge in [-0.3, -0.25) is 4.79 Å². The van der Waals surface area contributed by atoms with Crippen LogP contribution in [0.4, 0.5) is 0 Å². The summed E-state index contributed by atoms with van der Waals surface area (Å²) in [5.41, 5.74) is 0.502. The van der Waals surface area contributed by atoms with Gasteiger partial charge >= 0.3 is 0 Å². The van der Waals surface area contributed by atoms with Crippen molar-refractivity contribution in [3.05, 3.63) is 22.1 Å². The Hall–Kier alpha value is -1.60. The zero-order valence-corrected chi connectivity index (χ0v) is 15.2. The number of nitrogens with one attached hydrogen (secondary N) is 1. The third-order valence-corrected chi connectivity index (χ3v) is 5.52. The molecule has 0 unspecified atom stereocenters. The van der Waals surface area contributed by atoms with Crippen molar-refractivity contribution in [3.8, 4) is 10.0 Å². The number of aromatic nitrogens is 2. The number of hydrogen-bond acceptors (Lipinski definition) is 6. The molecule has 0 spiro atoms. The second kappa shape index (κ2) is 8.31. The van der Waals surface area contributed by atoms with Gasteiger partial charge < -0.3 is 10.1 Å². The molecule has 1 amide bonds. The van der Waals surface area contributed by atoms with Crippen LogP contribution in [0, 0.1) is 0 Å². The van der Waals surface area contributed by atoms with Crippen molar-refractivity contribution in [2.45, 2.75) is 46.0 Å². The van der Waals surface area contributed by atoms with E-state index in [1.165, 1.54) is 22.7 Å². The molecule has 2 rings (SSSR count). The molecule has 0 aliphatic rings. The second-order valence-electron chi connectivity index (χ2n) is 5.64. The maximum atomic E-state index is 12.4. The minimum atomic E-state index is -0.143. The molecule has 2 aromatic heterocycles. The summed E-state index contributed by atoms with van der Waals surface area (Å²) in [5.74, 6) is 0.279. The van der Waals surface area contributed by atoms with Gasteiger partial charge in [0.25, 0.3) is 5.91 Å². The average molecular weight is 351 g/mol. The minimum absolute atomic E-state index is 0.143. The molecule has 0 aromatic carbocycles. The summed E-state index contributed by atoms with van der Waals surface area (Å²) in [6, 6.07) is 0. The largest absolute Gasteiger partial charge is 0.351 e. The lowest BCUT2D eigenvalue weighted by atomic mass is 10.1. The Labute approximate surface area is 144 Å². The first-order valence-electron chi connectivity index (χ1n) is 7.67. The number of hydrogen-bond donors (Lipinski definition) is 1. The molecular formula is C16H21N3O2S2. The number of carbonyl (C=O) groups is 2. The first-order valence-corrected chi connectivity index (χ1v) is 9.37. The second-order valence-corrected chi connectivity index (χ2v) is 7.56. The number of thiazole rings is 2. The zero-order chi connectivity index (χ0) is 16.8. The van der Waals surface area contributed by atoms with E-state index in [1.807, 2.05) is 5.38 Å². The third kappa shape index (κ3) is 4.94. The van der Waals surface area contributed by atoms with Crippen LogP contribution < -0.4 is 5.32 Å². The summed E-state index contributed by atoms with van der Waals surface area (Å²) in [5, 5.41) is 6.45. The summed E-state index contributed by atoms with van der Waals surface area (Å²) >= 11 is 3.05. The predicted octanol–water partition coefficient (Wildman–Crippen LogP) is 3.88. The quantitative estimate of drug-likeness (QED) is 0.733. The highest BCUT2D eigenvalue weighted by Crippen LogP contribution is 2.33. The van der Waals surface area contributed by atoms with Gasteiger partial charge in [0.2, 0.25) is 0 Å². The van der Waals surface area contributed by atoms with Crippen molar-refractivity contribution < 1.29 is 9.59 Å². The van der Waals surface area contributed by atoms with E-state index in [1.54, 1.807) is 13.1 Å². The number of amides is 1. The summed E-state index contributed by atoms with van der Waals surface area (Å²) in [4.78, 5) is 33.0. The highest BCUT2D eigenvalue weighted by molar-refractivity contribution is 7.20. The van der Waals surface area contributed by atoms with Gasteiger partial charge in [-0.05, 0) is 25.7 Å². The fourth-order valence-electron chi connectivity index (χ4n) is 2.09. The van der Waals surface area contributed by atoms with Crippen molar-refractivity contribution in [2.24, 2.45) is 0 Å². The molecule has 0 aliphatic heterocycles. The van der Waals surface area contributed by atoms with Gasteiger partial charge in [-0.25, -0.2) is 9.97 Å². The lowest BCUT2D eigenvalue weighted by molar-refractivity contribution is -0.117. The molecule has 0 saturated carbocycles. The molecule has 23 heavy (non-hydrogen) atoms. The Bertz CT molecular complexity index is 663. The van der Waals surface area contributed by atoms with E-state index in [0.29, 0.717) is 18.7 Å². The van der Waals surface area contributed by atoms with Crippen LogP contribution in [0.2, 0.25) is 0 Å². The molecule has 0 aliphatic carbocycles. The molecular weight excluding hydrogens is 330 g/mol. The Kier molecular flexibility index (Phi) is 6.41. The number of unbranched alkanes of at least 4 members (excludes halogenated alkanes) is 1. The standard InChI is InChI=1S/C16H21N3O2S2/c1-10(2)13-12(14(21)17-7-5-4-6-11(3)20)19-16(23-13)15-18-8-9-22-15/h8-10H,4-7H2,1-3H3,(H,17,21). The summed E-state index contributed by atoms with van der Waals surface area (Å²) in [6.07, 6.45) is 3.91. The molecule has 2 heterocycles. The molecule has 0 radical (unpaired) electrons. The lowest BCUT2D eigenvalue weighted by Crippen LogP contribution is -2.26. The van der Waals surface area contributed by atoms with Crippen molar-refractivity contribution in [2.75, 3.05) is 6.54 Å². The number of carbonyl (C=O) groups excluding carboxylic acids is 2. The van der Waals surface area contributed by atoms with Gasteiger partial charge in [0, 0.05) is 29.4 Å².